The van der Waals surface area contributed by atoms with Gasteiger partial charge in [-0.05, 0) is 39.8 Å². The molecule has 0 fully saturated rings. The van der Waals surface area contributed by atoms with Crippen LogP contribution in [0.25, 0.3) is 11.1 Å². The van der Waals surface area contributed by atoms with E-state index >= 15 is 0 Å². The highest BCUT2D eigenvalue weighted by Gasteiger charge is 2.19. The van der Waals surface area contributed by atoms with Crippen LogP contribution in [-0.2, 0) is 29.0 Å². The average Bonchev–Trinajstić information content (AvgIpc) is 3.10. The molecular formula is C24H19NO4. The van der Waals surface area contributed by atoms with Gasteiger partial charge in [0.1, 0.15) is 12.3 Å². The van der Waals surface area contributed by atoms with E-state index in [-0.39, 0.29) is 18.7 Å². The van der Waals surface area contributed by atoms with Gasteiger partial charge in [0, 0.05) is 6.42 Å². The Hall–Kier alpha value is -3.73. The van der Waals surface area contributed by atoms with Gasteiger partial charge in [-0.25, -0.2) is 9.59 Å². The lowest BCUT2D eigenvalue weighted by Gasteiger charge is -2.06. The number of carbonyl (C=O) groups is 2. The lowest BCUT2D eigenvalue weighted by atomic mass is 10.0. The molecule has 1 aliphatic rings. The van der Waals surface area contributed by atoms with Crippen LogP contribution < -0.4 is 0 Å². The minimum atomic E-state index is -1.23. The lowest BCUT2D eigenvalue weighted by Crippen LogP contribution is -2.18. The summed E-state index contributed by atoms with van der Waals surface area (Å²) in [5, 5.41) is 9.47. The van der Waals surface area contributed by atoms with Gasteiger partial charge in [0.25, 0.3) is 0 Å². The Morgan fingerprint density at radius 2 is 1.59 bits per heavy atom. The number of fused-ring (bicyclic) bond motifs is 3. The third-order valence-electron chi connectivity index (χ3n) is 4.91. The van der Waals surface area contributed by atoms with Crippen molar-refractivity contribution in [3.05, 3.63) is 95.1 Å². The zero-order valence-electron chi connectivity index (χ0n) is 15.7. The highest BCUT2D eigenvalue weighted by molar-refractivity contribution is 6.37. The SMILES string of the molecule is O=C(N=C(Cc1ccc2c(c1)Cc1ccccc1-2)C(=O)O)OCc1ccccc1. The maximum absolute atomic E-state index is 12.0. The van der Waals surface area contributed by atoms with Crippen molar-refractivity contribution >= 4 is 17.8 Å². The fraction of sp³-hybridized carbons (Fsp3) is 0.125. The molecule has 0 atom stereocenters. The van der Waals surface area contributed by atoms with E-state index in [1.165, 1.54) is 16.7 Å². The average molecular weight is 385 g/mol. The van der Waals surface area contributed by atoms with Crippen molar-refractivity contribution in [2.24, 2.45) is 4.99 Å². The second-order valence-electron chi connectivity index (χ2n) is 6.91. The Kier molecular flexibility index (Phi) is 5.20. The van der Waals surface area contributed by atoms with Crippen molar-refractivity contribution in [1.29, 1.82) is 0 Å². The number of carbonyl (C=O) groups excluding carboxylic acids is 1. The van der Waals surface area contributed by atoms with Gasteiger partial charge in [-0.1, -0.05) is 72.8 Å². The van der Waals surface area contributed by atoms with E-state index in [0.717, 1.165) is 23.1 Å². The molecule has 0 radical (unpaired) electrons. The Bertz CT molecular complexity index is 1100. The van der Waals surface area contributed by atoms with E-state index in [1.54, 1.807) is 0 Å². The molecule has 0 bridgehead atoms. The molecule has 1 aliphatic carbocycles. The fourth-order valence-electron chi connectivity index (χ4n) is 3.53. The van der Waals surface area contributed by atoms with E-state index in [4.69, 9.17) is 4.74 Å². The van der Waals surface area contributed by atoms with E-state index in [2.05, 4.69) is 17.1 Å². The van der Waals surface area contributed by atoms with Crippen molar-refractivity contribution in [3.8, 4) is 11.1 Å². The van der Waals surface area contributed by atoms with Crippen LogP contribution in [0.1, 0.15) is 22.3 Å². The second kappa shape index (κ2) is 8.10. The summed E-state index contributed by atoms with van der Waals surface area (Å²) in [6.07, 6.45) is -0.0305. The summed E-state index contributed by atoms with van der Waals surface area (Å²) in [5.74, 6) is -1.23. The van der Waals surface area contributed by atoms with Crippen molar-refractivity contribution in [2.75, 3.05) is 0 Å². The van der Waals surface area contributed by atoms with Gasteiger partial charge in [-0.3, -0.25) is 0 Å². The molecule has 0 saturated carbocycles. The number of carboxylic acid groups (broad SMARTS) is 1. The number of hydrogen-bond acceptors (Lipinski definition) is 3. The van der Waals surface area contributed by atoms with Crippen LogP contribution in [0.5, 0.6) is 0 Å². The monoisotopic (exact) mass is 385 g/mol. The molecule has 5 nitrogen and oxygen atoms in total. The molecule has 0 aliphatic heterocycles. The van der Waals surface area contributed by atoms with Crippen molar-refractivity contribution in [2.45, 2.75) is 19.4 Å². The molecule has 3 aromatic rings. The van der Waals surface area contributed by atoms with Crippen LogP contribution in [0.2, 0.25) is 0 Å². The van der Waals surface area contributed by atoms with Crippen LogP contribution in [0.15, 0.2) is 77.8 Å². The summed E-state index contributed by atoms with van der Waals surface area (Å²) in [4.78, 5) is 27.2. The van der Waals surface area contributed by atoms with E-state index in [0.29, 0.717) is 0 Å². The molecule has 1 N–H and O–H groups in total. The van der Waals surface area contributed by atoms with Gasteiger partial charge >= 0.3 is 12.1 Å². The molecule has 0 aromatic heterocycles. The molecule has 4 rings (SSSR count). The first-order valence-electron chi connectivity index (χ1n) is 9.32. The Balaban J connectivity index is 1.47. The summed E-state index contributed by atoms with van der Waals surface area (Å²) in [6, 6.07) is 23.3. The van der Waals surface area contributed by atoms with Gasteiger partial charge in [-0.15, -0.1) is 0 Å². The number of carboxylic acids is 1. The Morgan fingerprint density at radius 1 is 0.862 bits per heavy atom. The fourth-order valence-corrected chi connectivity index (χ4v) is 3.53. The Morgan fingerprint density at radius 3 is 2.38 bits per heavy atom. The van der Waals surface area contributed by atoms with Crippen molar-refractivity contribution in [1.82, 2.24) is 0 Å². The minimum absolute atomic E-state index is 0.0488. The van der Waals surface area contributed by atoms with Gasteiger partial charge in [0.05, 0.1) is 0 Å². The molecule has 29 heavy (non-hydrogen) atoms. The number of benzene rings is 3. The largest absolute Gasteiger partial charge is 0.477 e. The Labute approximate surface area is 168 Å². The highest BCUT2D eigenvalue weighted by Crippen LogP contribution is 2.36. The number of aliphatic carboxylic acids is 1. The summed E-state index contributed by atoms with van der Waals surface area (Å²) in [7, 11) is 0. The zero-order chi connectivity index (χ0) is 20.2. The van der Waals surface area contributed by atoms with Crippen molar-refractivity contribution in [3.63, 3.8) is 0 Å². The quantitative estimate of drug-likeness (QED) is 0.507. The van der Waals surface area contributed by atoms with E-state index in [9.17, 15) is 14.7 Å². The van der Waals surface area contributed by atoms with E-state index in [1.807, 2.05) is 60.7 Å². The maximum Gasteiger partial charge on any atom is 0.434 e. The molecule has 0 saturated heterocycles. The number of nitrogens with zero attached hydrogens (tertiary/aromatic N) is 1. The molecule has 3 aromatic carbocycles. The minimum Gasteiger partial charge on any atom is -0.477 e. The van der Waals surface area contributed by atoms with Gasteiger partial charge < -0.3 is 9.84 Å². The summed E-state index contributed by atoms with van der Waals surface area (Å²) < 4.78 is 5.07. The molecule has 1 amide bonds. The highest BCUT2D eigenvalue weighted by atomic mass is 16.5. The predicted octanol–water partition coefficient (Wildman–Crippen LogP) is 4.66. The number of rotatable bonds is 5. The second-order valence-corrected chi connectivity index (χ2v) is 6.91. The van der Waals surface area contributed by atoms with Crippen LogP contribution in [0.3, 0.4) is 0 Å². The van der Waals surface area contributed by atoms with Gasteiger partial charge in [0.15, 0.2) is 0 Å². The first-order chi connectivity index (χ1) is 14.1. The number of amides is 1. The van der Waals surface area contributed by atoms with Crippen LogP contribution in [0, 0.1) is 0 Å². The van der Waals surface area contributed by atoms with Crippen molar-refractivity contribution < 1.29 is 19.4 Å². The summed E-state index contributed by atoms with van der Waals surface area (Å²) in [6.45, 7) is 0.0488. The lowest BCUT2D eigenvalue weighted by molar-refractivity contribution is -0.129. The molecule has 0 unspecified atom stereocenters. The van der Waals surface area contributed by atoms with Crippen LogP contribution in [-0.4, -0.2) is 22.9 Å². The molecule has 5 heteroatoms. The zero-order valence-corrected chi connectivity index (χ0v) is 15.7. The summed E-state index contributed by atoms with van der Waals surface area (Å²) in [5.41, 5.74) is 6.17. The third kappa shape index (κ3) is 4.24. The molecular weight excluding hydrogens is 366 g/mol. The first-order valence-corrected chi connectivity index (χ1v) is 9.32. The van der Waals surface area contributed by atoms with Crippen LogP contribution >= 0.6 is 0 Å². The standard InChI is InChI=1S/C24H19NO4/c26-23(27)22(25-24(28)29-15-16-6-2-1-3-7-16)13-17-10-11-21-19(12-17)14-18-8-4-5-9-20(18)21/h1-12H,13-15H2,(H,26,27). The van der Waals surface area contributed by atoms with E-state index < -0.39 is 12.1 Å². The molecule has 144 valence electrons. The number of ether oxygens (including phenoxy) is 1. The predicted molar refractivity (Wildman–Crippen MR) is 110 cm³/mol. The van der Waals surface area contributed by atoms with Gasteiger partial charge in [-0.2, -0.15) is 4.99 Å². The molecule has 0 heterocycles. The normalized spacial score (nSPS) is 12.2. The molecule has 0 spiro atoms. The summed E-state index contributed by atoms with van der Waals surface area (Å²) >= 11 is 0. The smallest absolute Gasteiger partial charge is 0.434 e. The topological polar surface area (TPSA) is 76.0 Å². The van der Waals surface area contributed by atoms with Gasteiger partial charge in [0.2, 0.25) is 0 Å². The van der Waals surface area contributed by atoms with Crippen LogP contribution in [0.4, 0.5) is 4.79 Å². The third-order valence-corrected chi connectivity index (χ3v) is 4.91. The maximum atomic E-state index is 12.0. The number of aliphatic imine (C=N–C) groups is 1. The first kappa shape index (κ1) is 18.6. The number of hydrogen-bond donors (Lipinski definition) is 1.